The number of aryl methyl sites for hydroxylation is 2. The Bertz CT molecular complexity index is 1040. The number of thioether (sulfide) groups is 1. The average molecular weight is 470 g/mol. The molecular weight excluding hydrogens is 434 g/mol. The number of hydrogen-bond donors (Lipinski definition) is 2. The molecule has 0 fully saturated rings. The van der Waals surface area contributed by atoms with Crippen molar-refractivity contribution in [2.45, 2.75) is 83.3 Å². The summed E-state index contributed by atoms with van der Waals surface area (Å²) in [7, 11) is 0. The maximum Gasteiger partial charge on any atom is 0.349 e. The Kier molecular flexibility index (Phi) is 7.59. The number of ether oxygens (including phenoxy) is 1. The third-order valence-electron chi connectivity index (χ3n) is 6.45. The molecule has 1 aromatic carbocycles. The molecule has 0 spiro atoms. The fourth-order valence-corrected chi connectivity index (χ4v) is 5.42. The lowest BCUT2D eigenvalue weighted by Crippen LogP contribution is -2.44. The van der Waals surface area contributed by atoms with Crippen molar-refractivity contribution in [2.75, 3.05) is 0 Å². The first-order valence-electron chi connectivity index (χ1n) is 11.4. The highest BCUT2D eigenvalue weighted by Crippen LogP contribution is 2.45. The number of benzene rings is 1. The van der Waals surface area contributed by atoms with E-state index in [4.69, 9.17) is 4.74 Å². The first kappa shape index (κ1) is 25.3. The van der Waals surface area contributed by atoms with Crippen LogP contribution in [0.5, 0.6) is 0 Å². The monoisotopic (exact) mass is 469 g/mol. The van der Waals surface area contributed by atoms with Gasteiger partial charge in [-0.15, -0.1) is 0 Å². The highest BCUT2D eigenvalue weighted by atomic mass is 32.2. The molecule has 0 radical (unpaired) electrons. The predicted octanol–water partition coefficient (Wildman–Crippen LogP) is 6.02. The molecule has 1 atom stereocenters. The van der Waals surface area contributed by atoms with Crippen LogP contribution in [0.25, 0.3) is 0 Å². The molecule has 2 heterocycles. The van der Waals surface area contributed by atoms with Gasteiger partial charge < -0.3 is 14.9 Å². The van der Waals surface area contributed by atoms with E-state index in [1.54, 1.807) is 6.20 Å². The third-order valence-corrected chi connectivity index (χ3v) is 7.61. The Hall–Kier alpha value is -2.31. The van der Waals surface area contributed by atoms with Gasteiger partial charge in [0.05, 0.1) is 6.61 Å². The number of carbonyl (C=O) groups is 1. The fourth-order valence-electron chi connectivity index (χ4n) is 4.18. The van der Waals surface area contributed by atoms with Gasteiger partial charge in [0.25, 0.3) is 0 Å². The smallest absolute Gasteiger partial charge is 0.349 e. The molecule has 2 aromatic rings. The lowest BCUT2D eigenvalue weighted by Gasteiger charge is -2.40. The van der Waals surface area contributed by atoms with Crippen LogP contribution in [0.2, 0.25) is 0 Å². The van der Waals surface area contributed by atoms with E-state index in [1.165, 1.54) is 11.8 Å². The Balaban J connectivity index is 1.92. The lowest BCUT2D eigenvalue weighted by atomic mass is 9.80. The van der Waals surface area contributed by atoms with E-state index in [1.807, 2.05) is 51.2 Å². The predicted molar refractivity (Wildman–Crippen MR) is 132 cm³/mol. The van der Waals surface area contributed by atoms with Gasteiger partial charge in [-0.05, 0) is 65.5 Å². The summed E-state index contributed by atoms with van der Waals surface area (Å²) < 4.78 is 6.07. The van der Waals surface area contributed by atoms with Gasteiger partial charge in [-0.25, -0.2) is 4.79 Å². The van der Waals surface area contributed by atoms with Gasteiger partial charge in [-0.3, -0.25) is 4.98 Å². The molecular formula is C27H35NO4S. The quantitative estimate of drug-likeness (QED) is 0.483. The van der Waals surface area contributed by atoms with Gasteiger partial charge in [0.2, 0.25) is 0 Å². The minimum atomic E-state index is -0.759. The van der Waals surface area contributed by atoms with Crippen LogP contribution in [-0.2, 0) is 28.0 Å². The number of nitrogens with zero attached hydrogens (tertiary/aromatic N) is 1. The summed E-state index contributed by atoms with van der Waals surface area (Å²) in [6.07, 6.45) is 5.17. The summed E-state index contributed by atoms with van der Waals surface area (Å²) in [4.78, 5) is 18.5. The molecule has 0 aliphatic carbocycles. The number of rotatable bonds is 7. The fraction of sp³-hybridized carbons (Fsp3) is 0.481. The van der Waals surface area contributed by atoms with Crippen molar-refractivity contribution in [3.63, 3.8) is 0 Å². The minimum Gasteiger partial charge on any atom is -0.511 e. The van der Waals surface area contributed by atoms with E-state index in [0.29, 0.717) is 12.8 Å². The largest absolute Gasteiger partial charge is 0.511 e. The van der Waals surface area contributed by atoms with Crippen molar-refractivity contribution in [1.82, 2.24) is 4.98 Å². The second-order valence-electron chi connectivity index (χ2n) is 10.2. The molecule has 178 valence electrons. The molecule has 1 aliphatic heterocycles. The van der Waals surface area contributed by atoms with Crippen molar-refractivity contribution in [1.29, 1.82) is 0 Å². The summed E-state index contributed by atoms with van der Waals surface area (Å²) in [5, 5.41) is 20.8. The second kappa shape index (κ2) is 9.90. The van der Waals surface area contributed by atoms with E-state index in [0.717, 1.165) is 27.1 Å². The van der Waals surface area contributed by atoms with Gasteiger partial charge in [0.15, 0.2) is 0 Å². The van der Waals surface area contributed by atoms with Crippen molar-refractivity contribution in [3.05, 3.63) is 69.6 Å². The standard InChI is InChI=1S/C27H35NO4S/c1-17(2)27(10-9-19-8-7-11-28-15-19)14-22(30)24(25(31)32-27)33-23-12-18(3)20(16-29)13-21(23)26(4,5)6/h7-8,11-13,15,17,29-30H,9-10,14,16H2,1-6H3. The molecule has 1 aliphatic rings. The first-order chi connectivity index (χ1) is 15.5. The molecule has 1 unspecified atom stereocenters. The average Bonchev–Trinajstić information content (AvgIpc) is 2.74. The number of cyclic esters (lactones) is 1. The topological polar surface area (TPSA) is 79.7 Å². The number of esters is 1. The summed E-state index contributed by atoms with van der Waals surface area (Å²) in [5.41, 5.74) is 2.96. The molecule has 2 N–H and O–H groups in total. The Morgan fingerprint density at radius 1 is 1.27 bits per heavy atom. The number of aliphatic hydroxyl groups excluding tert-OH is 2. The van der Waals surface area contributed by atoms with Crippen LogP contribution < -0.4 is 0 Å². The van der Waals surface area contributed by atoms with Crippen molar-refractivity contribution < 1.29 is 19.7 Å². The van der Waals surface area contributed by atoms with Crippen LogP contribution in [0.15, 0.2) is 52.2 Å². The van der Waals surface area contributed by atoms with E-state index in [9.17, 15) is 15.0 Å². The number of aliphatic hydroxyl groups is 2. The van der Waals surface area contributed by atoms with E-state index in [2.05, 4.69) is 25.8 Å². The van der Waals surface area contributed by atoms with Crippen LogP contribution in [0.3, 0.4) is 0 Å². The third kappa shape index (κ3) is 5.61. The van der Waals surface area contributed by atoms with Crippen LogP contribution in [0.4, 0.5) is 0 Å². The van der Waals surface area contributed by atoms with Crippen LogP contribution in [0.1, 0.15) is 69.7 Å². The zero-order valence-electron chi connectivity index (χ0n) is 20.4. The van der Waals surface area contributed by atoms with Gasteiger partial charge in [0.1, 0.15) is 16.3 Å². The normalized spacial score (nSPS) is 19.2. The van der Waals surface area contributed by atoms with Crippen LogP contribution in [0, 0.1) is 12.8 Å². The van der Waals surface area contributed by atoms with Gasteiger partial charge in [-0.2, -0.15) is 0 Å². The van der Waals surface area contributed by atoms with E-state index >= 15 is 0 Å². The Labute approximate surface area is 201 Å². The van der Waals surface area contributed by atoms with E-state index in [-0.39, 0.29) is 35.0 Å². The van der Waals surface area contributed by atoms with Crippen LogP contribution >= 0.6 is 11.8 Å². The zero-order valence-corrected chi connectivity index (χ0v) is 21.3. The van der Waals surface area contributed by atoms with Crippen molar-refractivity contribution >= 4 is 17.7 Å². The number of pyridine rings is 1. The molecule has 0 saturated heterocycles. The lowest BCUT2D eigenvalue weighted by molar-refractivity contribution is -0.164. The van der Waals surface area contributed by atoms with Crippen molar-refractivity contribution in [2.24, 2.45) is 5.92 Å². The van der Waals surface area contributed by atoms with Gasteiger partial charge in [-0.1, -0.05) is 58.5 Å². The second-order valence-corrected chi connectivity index (χ2v) is 11.3. The summed E-state index contributed by atoms with van der Waals surface area (Å²) >= 11 is 1.26. The summed E-state index contributed by atoms with van der Waals surface area (Å²) in [6, 6.07) is 7.88. The Morgan fingerprint density at radius 2 is 2.00 bits per heavy atom. The molecule has 5 nitrogen and oxygen atoms in total. The number of carbonyl (C=O) groups excluding carboxylic acids is 1. The number of hydrogen-bond acceptors (Lipinski definition) is 6. The molecule has 1 aromatic heterocycles. The van der Waals surface area contributed by atoms with E-state index < -0.39 is 11.6 Å². The minimum absolute atomic E-state index is 0.0380. The molecule has 33 heavy (non-hydrogen) atoms. The molecule has 0 saturated carbocycles. The van der Waals surface area contributed by atoms with Crippen LogP contribution in [-0.4, -0.2) is 26.8 Å². The first-order valence-corrected chi connectivity index (χ1v) is 12.3. The molecule has 0 bridgehead atoms. The SMILES string of the molecule is Cc1cc(SC2=C(O)CC(CCc3cccnc3)(C(C)C)OC2=O)c(C(C)(C)C)cc1CO. The number of aromatic nitrogens is 1. The molecule has 6 heteroatoms. The van der Waals surface area contributed by atoms with Gasteiger partial charge in [0, 0.05) is 23.7 Å². The van der Waals surface area contributed by atoms with Gasteiger partial charge >= 0.3 is 5.97 Å². The highest BCUT2D eigenvalue weighted by Gasteiger charge is 2.44. The Morgan fingerprint density at radius 3 is 2.55 bits per heavy atom. The van der Waals surface area contributed by atoms with Crippen molar-refractivity contribution in [3.8, 4) is 0 Å². The molecule has 3 rings (SSSR count). The maximum absolute atomic E-state index is 13.2. The maximum atomic E-state index is 13.2. The summed E-state index contributed by atoms with van der Waals surface area (Å²) in [5.74, 6) is -0.352. The zero-order chi connectivity index (χ0) is 24.4. The highest BCUT2D eigenvalue weighted by molar-refractivity contribution is 8.04. The summed E-state index contributed by atoms with van der Waals surface area (Å²) in [6.45, 7) is 12.2. The molecule has 0 amide bonds.